The van der Waals surface area contributed by atoms with Gasteiger partial charge in [0.15, 0.2) is 0 Å². The number of aldehydes is 1. The Morgan fingerprint density at radius 2 is 1.72 bits per heavy atom. The van der Waals surface area contributed by atoms with Gasteiger partial charge in [0.1, 0.15) is 6.29 Å². The highest BCUT2D eigenvalue weighted by atomic mass is 35.5. The minimum absolute atomic E-state index is 0.171. The molecule has 4 atom stereocenters. The molecule has 128 valence electrons. The summed E-state index contributed by atoms with van der Waals surface area (Å²) in [5, 5.41) is 12.6. The van der Waals surface area contributed by atoms with Crippen LogP contribution in [-0.4, -0.2) is 17.3 Å². The Bertz CT molecular complexity index is 819. The van der Waals surface area contributed by atoms with Crippen molar-refractivity contribution in [3.8, 4) is 0 Å². The van der Waals surface area contributed by atoms with Crippen molar-refractivity contribution in [2.75, 3.05) is 0 Å². The van der Waals surface area contributed by atoms with E-state index in [1.807, 2.05) is 61.5 Å². The van der Waals surface area contributed by atoms with Crippen molar-refractivity contribution in [2.24, 2.45) is 5.92 Å². The van der Waals surface area contributed by atoms with Crippen molar-refractivity contribution in [1.82, 2.24) is 0 Å². The van der Waals surface area contributed by atoms with E-state index < -0.39 is 17.9 Å². The summed E-state index contributed by atoms with van der Waals surface area (Å²) in [6.45, 7) is 1.90. The largest absolute Gasteiger partial charge is 0.298 e. The third-order valence-electron chi connectivity index (χ3n) is 4.89. The first-order chi connectivity index (χ1) is 12.0. The fourth-order valence-electron chi connectivity index (χ4n) is 3.85. The summed E-state index contributed by atoms with van der Waals surface area (Å²) in [6, 6.07) is 15.4. The summed E-state index contributed by atoms with van der Waals surface area (Å²) in [4.78, 5) is 23.4. The Morgan fingerprint density at radius 3 is 2.32 bits per heavy atom. The normalized spacial score (nSPS) is 25.9. The highest BCUT2D eigenvalue weighted by Crippen LogP contribution is 2.46. The molecule has 1 aliphatic rings. The summed E-state index contributed by atoms with van der Waals surface area (Å²) in [7, 11) is 0. The average Bonchev–Trinajstić information content (AvgIpc) is 2.62. The number of allylic oxidation sites excluding steroid dienone is 1. The Hall–Kier alpha value is -2.46. The molecule has 0 fully saturated rings. The minimum Gasteiger partial charge on any atom is -0.298 e. The Kier molecular flexibility index (Phi) is 5.00. The van der Waals surface area contributed by atoms with Crippen LogP contribution in [0, 0.1) is 16.0 Å². The van der Waals surface area contributed by atoms with Gasteiger partial charge in [0.05, 0.1) is 11.8 Å². The SMILES string of the molecule is CC1C=C(C=O)C(c2ccccc2)C([N+](=O)[O-])C1c1ccccc1Cl. The number of nitrogens with zero attached hydrogens (tertiary/aromatic N) is 1. The lowest BCUT2D eigenvalue weighted by atomic mass is 9.67. The second-order valence-corrected chi connectivity index (χ2v) is 6.76. The molecule has 0 saturated carbocycles. The predicted molar refractivity (Wildman–Crippen MR) is 97.5 cm³/mol. The van der Waals surface area contributed by atoms with Crippen LogP contribution in [0.25, 0.3) is 0 Å². The number of nitro groups is 1. The van der Waals surface area contributed by atoms with E-state index in [0.29, 0.717) is 10.6 Å². The van der Waals surface area contributed by atoms with E-state index in [0.717, 1.165) is 17.4 Å². The van der Waals surface area contributed by atoms with Gasteiger partial charge in [-0.2, -0.15) is 0 Å². The van der Waals surface area contributed by atoms with Crippen LogP contribution in [0.5, 0.6) is 0 Å². The van der Waals surface area contributed by atoms with Crippen molar-refractivity contribution in [3.63, 3.8) is 0 Å². The van der Waals surface area contributed by atoms with Crippen molar-refractivity contribution < 1.29 is 9.72 Å². The van der Waals surface area contributed by atoms with E-state index in [1.165, 1.54) is 0 Å². The summed E-state index contributed by atoms with van der Waals surface area (Å²) in [5.74, 6) is -1.17. The van der Waals surface area contributed by atoms with Crippen LogP contribution in [0.4, 0.5) is 0 Å². The molecule has 2 aromatic carbocycles. The molecule has 0 amide bonds. The maximum Gasteiger partial charge on any atom is 0.231 e. The zero-order valence-electron chi connectivity index (χ0n) is 13.7. The van der Waals surface area contributed by atoms with Gasteiger partial charge >= 0.3 is 0 Å². The van der Waals surface area contributed by atoms with E-state index in [1.54, 1.807) is 6.07 Å². The van der Waals surface area contributed by atoms with E-state index in [-0.39, 0.29) is 10.8 Å². The van der Waals surface area contributed by atoms with Crippen LogP contribution in [0.2, 0.25) is 5.02 Å². The molecule has 4 nitrogen and oxygen atoms in total. The van der Waals surface area contributed by atoms with Gasteiger partial charge in [0, 0.05) is 15.5 Å². The third-order valence-corrected chi connectivity index (χ3v) is 5.24. The van der Waals surface area contributed by atoms with Crippen LogP contribution < -0.4 is 0 Å². The average molecular weight is 356 g/mol. The van der Waals surface area contributed by atoms with Gasteiger partial charge in [-0.3, -0.25) is 14.9 Å². The van der Waals surface area contributed by atoms with Gasteiger partial charge in [-0.1, -0.05) is 73.1 Å². The summed E-state index contributed by atoms with van der Waals surface area (Å²) in [6.07, 6.45) is 2.59. The number of carbonyl (C=O) groups is 1. The maximum atomic E-state index is 12.1. The van der Waals surface area contributed by atoms with Crippen molar-refractivity contribution in [3.05, 3.63) is 92.5 Å². The smallest absolute Gasteiger partial charge is 0.231 e. The van der Waals surface area contributed by atoms with E-state index >= 15 is 0 Å². The van der Waals surface area contributed by atoms with Crippen LogP contribution in [-0.2, 0) is 4.79 Å². The molecule has 0 aromatic heterocycles. The number of carbonyl (C=O) groups excluding carboxylic acids is 1. The van der Waals surface area contributed by atoms with Crippen LogP contribution in [0.1, 0.15) is 29.9 Å². The molecule has 0 heterocycles. The lowest BCUT2D eigenvalue weighted by Gasteiger charge is -2.35. The quantitative estimate of drug-likeness (QED) is 0.456. The molecule has 4 unspecified atom stereocenters. The molecule has 3 rings (SSSR count). The number of halogens is 1. The lowest BCUT2D eigenvalue weighted by molar-refractivity contribution is -0.531. The Labute approximate surface area is 151 Å². The van der Waals surface area contributed by atoms with Gasteiger partial charge in [-0.25, -0.2) is 0 Å². The zero-order chi connectivity index (χ0) is 18.0. The molecule has 0 aliphatic heterocycles. The first-order valence-electron chi connectivity index (χ1n) is 8.14. The molecular formula is C20H18ClNO3. The van der Waals surface area contributed by atoms with Gasteiger partial charge in [-0.05, 0) is 23.1 Å². The highest BCUT2D eigenvalue weighted by Gasteiger charge is 2.48. The second-order valence-electron chi connectivity index (χ2n) is 6.36. The first-order valence-corrected chi connectivity index (χ1v) is 8.52. The summed E-state index contributed by atoms with van der Waals surface area (Å²) < 4.78 is 0. The molecular weight excluding hydrogens is 338 g/mol. The number of hydrogen-bond donors (Lipinski definition) is 0. The molecule has 0 spiro atoms. The fraction of sp³-hybridized carbons (Fsp3) is 0.250. The predicted octanol–water partition coefficient (Wildman–Crippen LogP) is 4.63. The van der Waals surface area contributed by atoms with E-state index in [4.69, 9.17) is 11.6 Å². The monoisotopic (exact) mass is 355 g/mol. The Morgan fingerprint density at radius 1 is 1.08 bits per heavy atom. The minimum atomic E-state index is -0.956. The molecule has 2 aromatic rings. The molecule has 0 N–H and O–H groups in total. The van der Waals surface area contributed by atoms with E-state index in [2.05, 4.69) is 0 Å². The molecule has 5 heteroatoms. The van der Waals surface area contributed by atoms with E-state index in [9.17, 15) is 14.9 Å². The summed E-state index contributed by atoms with van der Waals surface area (Å²) in [5.41, 5.74) is 1.98. The lowest BCUT2D eigenvalue weighted by Crippen LogP contribution is -2.41. The molecule has 0 saturated heterocycles. The van der Waals surface area contributed by atoms with Crippen LogP contribution in [0.15, 0.2) is 66.2 Å². The van der Waals surface area contributed by atoms with Crippen molar-refractivity contribution >= 4 is 17.9 Å². The standard InChI is InChI=1S/C20H18ClNO3/c1-13-11-15(12-23)19(14-7-3-2-4-8-14)20(22(24)25)18(13)16-9-5-6-10-17(16)21/h2-13,18-20H,1H3. The maximum absolute atomic E-state index is 12.1. The highest BCUT2D eigenvalue weighted by molar-refractivity contribution is 6.31. The Balaban J connectivity index is 2.20. The van der Waals surface area contributed by atoms with Crippen LogP contribution >= 0.6 is 11.6 Å². The van der Waals surface area contributed by atoms with Crippen molar-refractivity contribution in [1.29, 1.82) is 0 Å². The topological polar surface area (TPSA) is 60.2 Å². The molecule has 0 radical (unpaired) electrons. The van der Waals surface area contributed by atoms with Gasteiger partial charge < -0.3 is 0 Å². The van der Waals surface area contributed by atoms with Crippen LogP contribution in [0.3, 0.4) is 0 Å². The molecule has 1 aliphatic carbocycles. The second kappa shape index (κ2) is 7.19. The van der Waals surface area contributed by atoms with Gasteiger partial charge in [0.25, 0.3) is 0 Å². The van der Waals surface area contributed by atoms with Gasteiger partial charge in [0.2, 0.25) is 6.04 Å². The number of rotatable bonds is 4. The first kappa shape index (κ1) is 17.4. The molecule has 0 bridgehead atoms. The number of hydrogen-bond acceptors (Lipinski definition) is 3. The third kappa shape index (κ3) is 3.22. The number of benzene rings is 2. The van der Waals surface area contributed by atoms with Crippen molar-refractivity contribution in [2.45, 2.75) is 24.8 Å². The van der Waals surface area contributed by atoms with Gasteiger partial charge in [-0.15, -0.1) is 0 Å². The fourth-order valence-corrected chi connectivity index (χ4v) is 4.12. The zero-order valence-corrected chi connectivity index (χ0v) is 14.5. The summed E-state index contributed by atoms with van der Waals surface area (Å²) >= 11 is 6.34. The molecule has 25 heavy (non-hydrogen) atoms.